The lowest BCUT2D eigenvalue weighted by Gasteiger charge is -1.64. The molecule has 5 nitrogen and oxygen atoms in total. The first kappa shape index (κ1) is 8.48. The summed E-state index contributed by atoms with van der Waals surface area (Å²) < 4.78 is 4.46. The van der Waals surface area contributed by atoms with Gasteiger partial charge in [0.15, 0.2) is 0 Å². The van der Waals surface area contributed by atoms with Crippen LogP contribution in [-0.4, -0.2) is 21.8 Å². The van der Waals surface area contributed by atoms with E-state index < -0.39 is 0 Å². The molecule has 0 spiro atoms. The SMILES string of the molecule is Cc1cc(O)no1.O=CO. The second-order valence-electron chi connectivity index (χ2n) is 1.40. The summed E-state index contributed by atoms with van der Waals surface area (Å²) in [5, 5.41) is 18.5. The van der Waals surface area contributed by atoms with Gasteiger partial charge in [0.05, 0.1) is 0 Å². The Bertz CT molecular complexity index is 179. The number of hydrogen-bond donors (Lipinski definition) is 2. The molecule has 0 amide bonds. The second-order valence-corrected chi connectivity index (χ2v) is 1.40. The number of aromatic nitrogens is 1. The molecule has 56 valence electrons. The zero-order chi connectivity index (χ0) is 7.98. The molecule has 1 heterocycles. The molecule has 0 bridgehead atoms. The summed E-state index contributed by atoms with van der Waals surface area (Å²) in [7, 11) is 0. The molecular weight excluding hydrogens is 138 g/mol. The molecule has 10 heavy (non-hydrogen) atoms. The van der Waals surface area contributed by atoms with E-state index in [0.29, 0.717) is 5.76 Å². The fraction of sp³-hybridized carbons (Fsp3) is 0.200. The van der Waals surface area contributed by atoms with E-state index in [1.165, 1.54) is 6.07 Å². The minimum Gasteiger partial charge on any atom is -0.491 e. The van der Waals surface area contributed by atoms with Crippen LogP contribution < -0.4 is 0 Å². The molecule has 1 rings (SSSR count). The van der Waals surface area contributed by atoms with Crippen molar-refractivity contribution in [2.45, 2.75) is 6.92 Å². The van der Waals surface area contributed by atoms with Gasteiger partial charge in [-0.1, -0.05) is 0 Å². The lowest BCUT2D eigenvalue weighted by atomic mass is 10.5. The van der Waals surface area contributed by atoms with Gasteiger partial charge in [-0.3, -0.25) is 4.79 Å². The van der Waals surface area contributed by atoms with E-state index in [-0.39, 0.29) is 12.4 Å². The molecule has 0 atom stereocenters. The van der Waals surface area contributed by atoms with Gasteiger partial charge in [0.25, 0.3) is 12.4 Å². The third kappa shape index (κ3) is 3.48. The highest BCUT2D eigenvalue weighted by molar-refractivity contribution is 5.32. The first-order valence-electron chi connectivity index (χ1n) is 2.41. The van der Waals surface area contributed by atoms with Gasteiger partial charge in [-0.15, -0.1) is 0 Å². The molecule has 0 fully saturated rings. The number of carbonyl (C=O) groups is 1. The summed E-state index contributed by atoms with van der Waals surface area (Å²) in [5.41, 5.74) is 0. The van der Waals surface area contributed by atoms with E-state index >= 15 is 0 Å². The number of aromatic hydroxyl groups is 1. The molecular formula is C5H7NO4. The molecule has 0 radical (unpaired) electrons. The van der Waals surface area contributed by atoms with Crippen molar-refractivity contribution in [1.29, 1.82) is 0 Å². The van der Waals surface area contributed by atoms with Crippen LogP contribution in [0.25, 0.3) is 0 Å². The molecule has 5 heteroatoms. The molecule has 0 saturated heterocycles. The van der Waals surface area contributed by atoms with E-state index in [0.717, 1.165) is 0 Å². The highest BCUT2D eigenvalue weighted by atomic mass is 16.5. The average molecular weight is 145 g/mol. The van der Waals surface area contributed by atoms with Gasteiger partial charge >= 0.3 is 0 Å². The Morgan fingerprint density at radius 1 is 1.80 bits per heavy atom. The maximum Gasteiger partial charge on any atom is 0.290 e. The van der Waals surface area contributed by atoms with Crippen molar-refractivity contribution in [3.63, 3.8) is 0 Å². The summed E-state index contributed by atoms with van der Waals surface area (Å²) in [6.45, 7) is 1.46. The lowest BCUT2D eigenvalue weighted by Crippen LogP contribution is -1.52. The van der Waals surface area contributed by atoms with Crippen LogP contribution in [0, 0.1) is 6.92 Å². The summed E-state index contributed by atoms with van der Waals surface area (Å²) >= 11 is 0. The van der Waals surface area contributed by atoms with Crippen LogP contribution in [0.15, 0.2) is 10.6 Å². The number of aryl methyl sites for hydroxylation is 1. The van der Waals surface area contributed by atoms with Crippen molar-refractivity contribution in [2.24, 2.45) is 0 Å². The van der Waals surface area contributed by atoms with Crippen molar-refractivity contribution in [3.8, 4) is 5.88 Å². The van der Waals surface area contributed by atoms with Gasteiger partial charge in [0.2, 0.25) is 0 Å². The number of hydrogen-bond acceptors (Lipinski definition) is 4. The van der Waals surface area contributed by atoms with Gasteiger partial charge in [-0.25, -0.2) is 0 Å². The Balaban J connectivity index is 0.000000236. The lowest BCUT2D eigenvalue weighted by molar-refractivity contribution is -0.122. The molecule has 0 saturated carbocycles. The second kappa shape index (κ2) is 4.37. The molecule has 1 aromatic rings. The van der Waals surface area contributed by atoms with Crippen molar-refractivity contribution < 1.29 is 19.5 Å². The minimum atomic E-state index is -0.250. The molecule has 0 unspecified atom stereocenters. The molecule has 0 aliphatic carbocycles. The normalized spacial score (nSPS) is 7.70. The first-order valence-corrected chi connectivity index (χ1v) is 2.41. The van der Waals surface area contributed by atoms with Crippen LogP contribution in [0.2, 0.25) is 0 Å². The summed E-state index contributed by atoms with van der Waals surface area (Å²) in [6.07, 6.45) is 0. The molecule has 0 aromatic carbocycles. The van der Waals surface area contributed by atoms with Crippen molar-refractivity contribution in [2.75, 3.05) is 0 Å². The predicted molar refractivity (Wildman–Crippen MR) is 31.6 cm³/mol. The van der Waals surface area contributed by atoms with Crippen LogP contribution in [-0.2, 0) is 4.79 Å². The molecule has 0 aliphatic heterocycles. The van der Waals surface area contributed by atoms with E-state index in [2.05, 4.69) is 9.68 Å². The van der Waals surface area contributed by atoms with Crippen LogP contribution in [0.3, 0.4) is 0 Å². The highest BCUT2D eigenvalue weighted by Gasteiger charge is 1.91. The minimum absolute atomic E-state index is 0.0579. The first-order chi connectivity index (χ1) is 4.70. The Morgan fingerprint density at radius 2 is 2.30 bits per heavy atom. The number of rotatable bonds is 0. The quantitative estimate of drug-likeness (QED) is 0.516. The van der Waals surface area contributed by atoms with E-state index in [1.54, 1.807) is 6.92 Å². The highest BCUT2D eigenvalue weighted by Crippen LogP contribution is 2.05. The largest absolute Gasteiger partial charge is 0.491 e. The Kier molecular flexibility index (Phi) is 3.70. The zero-order valence-corrected chi connectivity index (χ0v) is 5.31. The molecule has 0 aliphatic rings. The summed E-state index contributed by atoms with van der Waals surface area (Å²) in [4.78, 5) is 8.36. The van der Waals surface area contributed by atoms with Gasteiger partial charge in [-0.05, 0) is 12.1 Å². The van der Waals surface area contributed by atoms with Gasteiger partial charge in [-0.2, -0.15) is 0 Å². The monoisotopic (exact) mass is 145 g/mol. The fourth-order valence-electron chi connectivity index (χ4n) is 0.353. The van der Waals surface area contributed by atoms with Crippen molar-refractivity contribution in [3.05, 3.63) is 11.8 Å². The van der Waals surface area contributed by atoms with E-state index in [4.69, 9.17) is 15.0 Å². The van der Waals surface area contributed by atoms with Crippen LogP contribution in [0.4, 0.5) is 0 Å². The summed E-state index contributed by atoms with van der Waals surface area (Å²) in [6, 6.07) is 1.44. The standard InChI is InChI=1S/C4H5NO2.CH2O2/c1-3-2-4(6)5-7-3;2-1-3/h2H,1H3,(H,5,6);1H,(H,2,3). The van der Waals surface area contributed by atoms with E-state index in [1.807, 2.05) is 0 Å². The summed E-state index contributed by atoms with van der Waals surface area (Å²) in [5.74, 6) is 0.565. The third-order valence-corrected chi connectivity index (χ3v) is 0.616. The zero-order valence-electron chi connectivity index (χ0n) is 5.31. The fourth-order valence-corrected chi connectivity index (χ4v) is 0.353. The Morgan fingerprint density at radius 3 is 2.40 bits per heavy atom. The maximum absolute atomic E-state index is 8.45. The average Bonchev–Trinajstić information content (AvgIpc) is 2.17. The van der Waals surface area contributed by atoms with Crippen LogP contribution >= 0.6 is 0 Å². The molecule has 1 aromatic heterocycles. The predicted octanol–water partition coefficient (Wildman–Crippen LogP) is 0.389. The van der Waals surface area contributed by atoms with Crippen molar-refractivity contribution >= 4 is 6.47 Å². The maximum atomic E-state index is 8.45. The van der Waals surface area contributed by atoms with Gasteiger partial charge in [0.1, 0.15) is 5.76 Å². The van der Waals surface area contributed by atoms with E-state index in [9.17, 15) is 0 Å². The topological polar surface area (TPSA) is 83.6 Å². The number of nitrogens with zero attached hydrogens (tertiary/aromatic N) is 1. The Labute approximate surface area is 56.9 Å². The van der Waals surface area contributed by atoms with Crippen LogP contribution in [0.5, 0.6) is 5.88 Å². The van der Waals surface area contributed by atoms with Crippen molar-refractivity contribution in [1.82, 2.24) is 5.16 Å². The smallest absolute Gasteiger partial charge is 0.290 e. The Hall–Kier alpha value is -1.52. The number of carboxylic acid groups (broad SMARTS) is 1. The van der Waals surface area contributed by atoms with Crippen LogP contribution in [0.1, 0.15) is 5.76 Å². The molecule has 2 N–H and O–H groups in total. The third-order valence-electron chi connectivity index (χ3n) is 0.616. The van der Waals surface area contributed by atoms with Gasteiger partial charge in [0, 0.05) is 6.07 Å². The van der Waals surface area contributed by atoms with Gasteiger partial charge < -0.3 is 14.7 Å².